The van der Waals surface area contributed by atoms with Gasteiger partial charge in [0.25, 0.3) is 5.91 Å². The molecule has 2 amide bonds. The average Bonchev–Trinajstić information content (AvgIpc) is 3.48. The Morgan fingerprint density at radius 2 is 1.82 bits per heavy atom. The number of nitrogens with one attached hydrogen (secondary N) is 1. The largest absolute Gasteiger partial charge is 0.459 e. The number of imidazole rings is 1. The number of furan rings is 1. The second-order valence-corrected chi connectivity index (χ2v) is 8.73. The Balaban J connectivity index is 1.63. The molecule has 0 bridgehead atoms. The Kier molecular flexibility index (Phi) is 7.05. The van der Waals surface area contributed by atoms with E-state index in [1.807, 2.05) is 38.1 Å². The van der Waals surface area contributed by atoms with Gasteiger partial charge in [0.2, 0.25) is 11.9 Å². The van der Waals surface area contributed by atoms with E-state index in [-0.39, 0.29) is 24.3 Å². The highest BCUT2D eigenvalue weighted by Gasteiger charge is 2.24. The summed E-state index contributed by atoms with van der Waals surface area (Å²) in [6.07, 6.45) is 3.23. The normalized spacial score (nSPS) is 11.0. The molecule has 0 spiro atoms. The van der Waals surface area contributed by atoms with Gasteiger partial charge in [0, 0.05) is 33.5 Å². The Hall–Kier alpha value is -3.55. The van der Waals surface area contributed by atoms with Crippen molar-refractivity contribution in [2.75, 3.05) is 11.9 Å². The minimum Gasteiger partial charge on any atom is -0.459 e. The van der Waals surface area contributed by atoms with Crippen LogP contribution in [0.5, 0.6) is 0 Å². The molecule has 174 valence electrons. The third-order valence-corrected chi connectivity index (χ3v) is 5.60. The van der Waals surface area contributed by atoms with Crippen LogP contribution in [0.1, 0.15) is 24.4 Å². The van der Waals surface area contributed by atoms with Gasteiger partial charge in [0.1, 0.15) is 6.54 Å². The lowest BCUT2D eigenvalue weighted by Crippen LogP contribution is -2.42. The molecule has 0 saturated carbocycles. The van der Waals surface area contributed by atoms with Gasteiger partial charge in [0.05, 0.1) is 12.0 Å². The molecule has 0 fully saturated rings. The molecule has 7 nitrogen and oxygen atoms in total. The predicted molar refractivity (Wildman–Crippen MR) is 133 cm³/mol. The number of hydrogen-bond donors (Lipinski definition) is 1. The summed E-state index contributed by atoms with van der Waals surface area (Å²) in [5.41, 5.74) is 2.19. The van der Waals surface area contributed by atoms with Crippen LogP contribution in [0.15, 0.2) is 77.5 Å². The first kappa shape index (κ1) is 23.6. The smallest absolute Gasteiger partial charge is 0.290 e. The van der Waals surface area contributed by atoms with Crippen LogP contribution in [0.25, 0.3) is 16.9 Å². The lowest BCUT2D eigenvalue weighted by Gasteiger charge is -2.25. The second kappa shape index (κ2) is 10.2. The van der Waals surface area contributed by atoms with Gasteiger partial charge in [0.15, 0.2) is 5.76 Å². The summed E-state index contributed by atoms with van der Waals surface area (Å²) < 4.78 is 6.95. The van der Waals surface area contributed by atoms with Gasteiger partial charge in [-0.05, 0) is 56.3 Å². The Morgan fingerprint density at radius 1 is 1.06 bits per heavy atom. The van der Waals surface area contributed by atoms with Gasteiger partial charge in [-0.2, -0.15) is 0 Å². The molecule has 2 aromatic carbocycles. The molecule has 1 N–H and O–H groups in total. The van der Waals surface area contributed by atoms with E-state index in [9.17, 15) is 9.59 Å². The highest BCUT2D eigenvalue weighted by molar-refractivity contribution is 6.31. The summed E-state index contributed by atoms with van der Waals surface area (Å²) in [6.45, 7) is 3.50. The molecule has 2 aromatic heterocycles. The first-order valence-electron chi connectivity index (χ1n) is 10.6. The maximum Gasteiger partial charge on any atom is 0.290 e. The molecule has 34 heavy (non-hydrogen) atoms. The molecule has 0 radical (unpaired) electrons. The van der Waals surface area contributed by atoms with Gasteiger partial charge >= 0.3 is 0 Å². The van der Waals surface area contributed by atoms with E-state index in [4.69, 9.17) is 27.6 Å². The van der Waals surface area contributed by atoms with Crippen LogP contribution in [0.4, 0.5) is 5.95 Å². The molecule has 0 unspecified atom stereocenters. The molecule has 0 aliphatic carbocycles. The number of carbonyl (C=O) groups excluding carboxylic acids is 2. The highest BCUT2D eigenvalue weighted by Crippen LogP contribution is 2.26. The molecular formula is C25H22Cl2N4O3. The SMILES string of the molecule is CC(C)N(CC(=O)Nc1nc(-c2ccc(Cl)cc2)cn1-c1cccc(Cl)c1)C(=O)c1ccco1. The third kappa shape index (κ3) is 5.32. The van der Waals surface area contributed by atoms with Crippen LogP contribution in [0.2, 0.25) is 10.0 Å². The minimum atomic E-state index is -0.398. The zero-order chi connectivity index (χ0) is 24.2. The molecule has 0 saturated heterocycles. The van der Waals surface area contributed by atoms with Crippen molar-refractivity contribution in [1.29, 1.82) is 0 Å². The molecule has 0 aliphatic heterocycles. The van der Waals surface area contributed by atoms with E-state index in [0.29, 0.717) is 21.7 Å². The van der Waals surface area contributed by atoms with Crippen molar-refractivity contribution >= 4 is 41.0 Å². The van der Waals surface area contributed by atoms with Gasteiger partial charge in [-0.3, -0.25) is 19.5 Å². The Bertz CT molecular complexity index is 1300. The standard InChI is InChI=1S/C25H22Cl2N4O3/c1-16(2)30(24(33)22-7-4-12-34-22)15-23(32)29-25-28-21(17-8-10-18(26)11-9-17)14-31(25)20-6-3-5-19(27)13-20/h3-14,16H,15H2,1-2H3,(H,28,29,32). The number of benzene rings is 2. The predicted octanol–water partition coefficient (Wildman–Crippen LogP) is 5.93. The fourth-order valence-electron chi connectivity index (χ4n) is 3.40. The van der Waals surface area contributed by atoms with E-state index in [0.717, 1.165) is 11.3 Å². The summed E-state index contributed by atoms with van der Waals surface area (Å²) in [6, 6.07) is 17.4. The fraction of sp³-hybridized carbons (Fsp3) is 0.160. The molecule has 0 aliphatic rings. The topological polar surface area (TPSA) is 80.4 Å². The number of nitrogens with zero attached hydrogens (tertiary/aromatic N) is 3. The van der Waals surface area contributed by atoms with Gasteiger partial charge in [-0.15, -0.1) is 0 Å². The van der Waals surface area contributed by atoms with Crippen LogP contribution in [-0.2, 0) is 4.79 Å². The van der Waals surface area contributed by atoms with Crippen LogP contribution in [-0.4, -0.2) is 38.9 Å². The number of aromatic nitrogens is 2. The number of halogens is 2. The van der Waals surface area contributed by atoms with Crippen LogP contribution in [0.3, 0.4) is 0 Å². The minimum absolute atomic E-state index is 0.171. The van der Waals surface area contributed by atoms with E-state index in [1.165, 1.54) is 11.2 Å². The van der Waals surface area contributed by atoms with Gasteiger partial charge in [-0.1, -0.05) is 41.4 Å². The van der Waals surface area contributed by atoms with Crippen LogP contribution < -0.4 is 5.32 Å². The Morgan fingerprint density at radius 3 is 2.47 bits per heavy atom. The lowest BCUT2D eigenvalue weighted by molar-refractivity contribution is -0.117. The van der Waals surface area contributed by atoms with Crippen molar-refractivity contribution in [3.63, 3.8) is 0 Å². The van der Waals surface area contributed by atoms with E-state index >= 15 is 0 Å². The second-order valence-electron chi connectivity index (χ2n) is 7.86. The molecule has 4 rings (SSSR count). The number of anilines is 1. The van der Waals surface area contributed by atoms with Crippen molar-refractivity contribution in [3.05, 3.63) is 88.9 Å². The lowest BCUT2D eigenvalue weighted by atomic mass is 10.2. The summed E-state index contributed by atoms with van der Waals surface area (Å²) in [5.74, 6) is -0.293. The van der Waals surface area contributed by atoms with Crippen molar-refractivity contribution in [2.24, 2.45) is 0 Å². The van der Waals surface area contributed by atoms with Crippen molar-refractivity contribution in [1.82, 2.24) is 14.5 Å². The van der Waals surface area contributed by atoms with Crippen molar-refractivity contribution < 1.29 is 14.0 Å². The molecule has 9 heteroatoms. The van der Waals surface area contributed by atoms with E-state index in [1.54, 1.807) is 47.2 Å². The summed E-state index contributed by atoms with van der Waals surface area (Å²) >= 11 is 12.2. The molecule has 0 atom stereocenters. The van der Waals surface area contributed by atoms with E-state index < -0.39 is 5.91 Å². The average molecular weight is 497 g/mol. The maximum absolute atomic E-state index is 13.0. The molecule has 4 aromatic rings. The number of amides is 2. The van der Waals surface area contributed by atoms with Crippen molar-refractivity contribution in [2.45, 2.75) is 19.9 Å². The summed E-state index contributed by atoms with van der Waals surface area (Å²) in [7, 11) is 0. The fourth-order valence-corrected chi connectivity index (χ4v) is 3.71. The quantitative estimate of drug-likeness (QED) is 0.343. The van der Waals surface area contributed by atoms with Crippen molar-refractivity contribution in [3.8, 4) is 16.9 Å². The summed E-state index contributed by atoms with van der Waals surface area (Å²) in [4.78, 5) is 31.9. The van der Waals surface area contributed by atoms with Gasteiger partial charge < -0.3 is 9.32 Å². The number of hydrogen-bond acceptors (Lipinski definition) is 4. The van der Waals surface area contributed by atoms with E-state index in [2.05, 4.69) is 10.3 Å². The first-order valence-corrected chi connectivity index (χ1v) is 11.3. The first-order chi connectivity index (χ1) is 16.3. The highest BCUT2D eigenvalue weighted by atomic mass is 35.5. The molecule has 2 heterocycles. The van der Waals surface area contributed by atoms with Gasteiger partial charge in [-0.25, -0.2) is 4.98 Å². The zero-order valence-corrected chi connectivity index (χ0v) is 20.0. The zero-order valence-electron chi connectivity index (χ0n) is 18.5. The monoisotopic (exact) mass is 496 g/mol. The Labute approximate surface area is 206 Å². The molecular weight excluding hydrogens is 475 g/mol. The number of carbonyl (C=O) groups is 2. The van der Waals surface area contributed by atoms with Crippen LogP contribution in [0, 0.1) is 0 Å². The third-order valence-electron chi connectivity index (χ3n) is 5.11. The van der Waals surface area contributed by atoms with Crippen LogP contribution >= 0.6 is 23.2 Å². The maximum atomic E-state index is 13.0. The number of rotatable bonds is 7. The summed E-state index contributed by atoms with van der Waals surface area (Å²) in [5, 5.41) is 4.00.